The SMILES string of the molecule is OC(c1cc(Cl)ccc1I)C1CCCC1. The molecule has 15 heavy (non-hydrogen) atoms. The Labute approximate surface area is 109 Å². The van der Waals surface area contributed by atoms with Gasteiger partial charge in [-0.25, -0.2) is 0 Å². The molecular weight excluding hydrogens is 322 g/mol. The lowest BCUT2D eigenvalue weighted by molar-refractivity contribution is 0.111. The van der Waals surface area contributed by atoms with Gasteiger partial charge in [-0.2, -0.15) is 0 Å². The second-order valence-corrected chi connectivity index (χ2v) is 5.75. The van der Waals surface area contributed by atoms with E-state index in [4.69, 9.17) is 11.6 Å². The minimum absolute atomic E-state index is 0.335. The van der Waals surface area contributed by atoms with Crippen molar-refractivity contribution < 1.29 is 5.11 Å². The van der Waals surface area contributed by atoms with Crippen molar-refractivity contribution in [3.05, 3.63) is 32.4 Å². The van der Waals surface area contributed by atoms with Crippen LogP contribution in [0.25, 0.3) is 0 Å². The third-order valence-corrected chi connectivity index (χ3v) is 4.34. The fourth-order valence-electron chi connectivity index (χ4n) is 2.27. The van der Waals surface area contributed by atoms with Crippen molar-refractivity contribution in [2.45, 2.75) is 31.8 Å². The molecule has 1 fully saturated rings. The predicted octanol–water partition coefficient (Wildman–Crippen LogP) is 4.17. The Kier molecular flexibility index (Phi) is 3.91. The molecule has 0 bridgehead atoms. The van der Waals surface area contributed by atoms with Crippen molar-refractivity contribution in [1.29, 1.82) is 0 Å². The van der Waals surface area contributed by atoms with Crippen LogP contribution >= 0.6 is 34.2 Å². The van der Waals surface area contributed by atoms with Gasteiger partial charge in [0, 0.05) is 8.59 Å². The van der Waals surface area contributed by atoms with Gasteiger partial charge in [0.05, 0.1) is 6.10 Å². The first-order valence-corrected chi connectivity index (χ1v) is 6.77. The highest BCUT2D eigenvalue weighted by molar-refractivity contribution is 14.1. The summed E-state index contributed by atoms with van der Waals surface area (Å²) in [6.45, 7) is 0. The molecule has 1 aromatic carbocycles. The fraction of sp³-hybridized carbons (Fsp3) is 0.500. The van der Waals surface area contributed by atoms with E-state index in [1.54, 1.807) is 0 Å². The van der Waals surface area contributed by atoms with Gasteiger partial charge in [0.25, 0.3) is 0 Å². The lowest BCUT2D eigenvalue weighted by atomic mass is 9.94. The van der Waals surface area contributed by atoms with Gasteiger partial charge in [-0.3, -0.25) is 0 Å². The average molecular weight is 337 g/mol. The molecule has 1 atom stereocenters. The zero-order valence-electron chi connectivity index (χ0n) is 8.42. The molecule has 2 rings (SSSR count). The van der Waals surface area contributed by atoms with Crippen LogP contribution in [-0.4, -0.2) is 5.11 Å². The first-order valence-electron chi connectivity index (χ1n) is 5.31. The van der Waals surface area contributed by atoms with Crippen LogP contribution in [0.1, 0.15) is 37.4 Å². The largest absolute Gasteiger partial charge is 0.388 e. The third-order valence-electron chi connectivity index (χ3n) is 3.12. The minimum Gasteiger partial charge on any atom is -0.388 e. The van der Waals surface area contributed by atoms with Crippen molar-refractivity contribution in [3.8, 4) is 0 Å². The van der Waals surface area contributed by atoms with Gasteiger partial charge in [0.2, 0.25) is 0 Å². The van der Waals surface area contributed by atoms with Crippen LogP contribution in [0.4, 0.5) is 0 Å². The molecule has 82 valence electrons. The molecule has 0 spiro atoms. The second kappa shape index (κ2) is 5.02. The number of halogens is 2. The smallest absolute Gasteiger partial charge is 0.0828 e. The molecule has 1 unspecified atom stereocenters. The summed E-state index contributed by atoms with van der Waals surface area (Å²) >= 11 is 8.21. The fourth-order valence-corrected chi connectivity index (χ4v) is 3.10. The van der Waals surface area contributed by atoms with Crippen LogP contribution in [0.15, 0.2) is 18.2 Å². The first kappa shape index (κ1) is 11.7. The van der Waals surface area contributed by atoms with Crippen LogP contribution in [0.3, 0.4) is 0 Å². The maximum atomic E-state index is 10.3. The van der Waals surface area contributed by atoms with Crippen molar-refractivity contribution in [3.63, 3.8) is 0 Å². The molecule has 1 aliphatic rings. The number of aliphatic hydroxyl groups excluding tert-OH is 1. The molecule has 0 aliphatic heterocycles. The van der Waals surface area contributed by atoms with Crippen LogP contribution in [-0.2, 0) is 0 Å². The second-order valence-electron chi connectivity index (χ2n) is 4.16. The Morgan fingerprint density at radius 3 is 2.67 bits per heavy atom. The molecule has 0 saturated heterocycles. The summed E-state index contributed by atoms with van der Waals surface area (Å²) in [5.74, 6) is 0.428. The van der Waals surface area contributed by atoms with Gasteiger partial charge < -0.3 is 5.11 Å². The third kappa shape index (κ3) is 2.66. The molecule has 0 heterocycles. The van der Waals surface area contributed by atoms with Gasteiger partial charge in [0.15, 0.2) is 0 Å². The molecule has 1 aliphatic carbocycles. The quantitative estimate of drug-likeness (QED) is 0.804. The zero-order chi connectivity index (χ0) is 10.8. The summed E-state index contributed by atoms with van der Waals surface area (Å²) in [7, 11) is 0. The monoisotopic (exact) mass is 336 g/mol. The Morgan fingerprint density at radius 2 is 2.00 bits per heavy atom. The topological polar surface area (TPSA) is 20.2 Å². The van der Waals surface area contributed by atoms with E-state index in [1.807, 2.05) is 18.2 Å². The number of benzene rings is 1. The van der Waals surface area contributed by atoms with Crippen molar-refractivity contribution in [1.82, 2.24) is 0 Å². The standard InChI is InChI=1S/C12H14ClIO/c13-9-5-6-11(14)10(7-9)12(15)8-3-1-2-4-8/h5-8,12,15H,1-4H2. The normalized spacial score (nSPS) is 19.4. The zero-order valence-corrected chi connectivity index (χ0v) is 11.3. The summed E-state index contributed by atoms with van der Waals surface area (Å²) in [5, 5.41) is 11.0. The van der Waals surface area contributed by atoms with Crippen LogP contribution in [0.5, 0.6) is 0 Å². The Hall–Kier alpha value is 0.200. The minimum atomic E-state index is -0.335. The number of hydrogen-bond donors (Lipinski definition) is 1. The first-order chi connectivity index (χ1) is 7.18. The summed E-state index contributed by atoms with van der Waals surface area (Å²) in [5.41, 5.74) is 0.995. The maximum absolute atomic E-state index is 10.3. The van der Waals surface area contributed by atoms with Gasteiger partial charge in [-0.05, 0) is 65.1 Å². The molecule has 3 heteroatoms. The summed E-state index contributed by atoms with van der Waals surface area (Å²) in [6, 6.07) is 5.73. The summed E-state index contributed by atoms with van der Waals surface area (Å²) < 4.78 is 1.11. The molecule has 1 N–H and O–H groups in total. The number of hydrogen-bond acceptors (Lipinski definition) is 1. The summed E-state index contributed by atoms with van der Waals surface area (Å²) in [4.78, 5) is 0. The highest BCUT2D eigenvalue weighted by Gasteiger charge is 2.25. The lowest BCUT2D eigenvalue weighted by Gasteiger charge is -2.19. The molecule has 0 radical (unpaired) electrons. The summed E-state index contributed by atoms with van der Waals surface area (Å²) in [6.07, 6.45) is 4.45. The van der Waals surface area contributed by atoms with E-state index >= 15 is 0 Å². The van der Waals surface area contributed by atoms with E-state index in [9.17, 15) is 5.11 Å². The van der Waals surface area contributed by atoms with Crippen LogP contribution < -0.4 is 0 Å². The van der Waals surface area contributed by atoms with Gasteiger partial charge in [-0.1, -0.05) is 24.4 Å². The number of rotatable bonds is 2. The van der Waals surface area contributed by atoms with Crippen LogP contribution in [0, 0.1) is 9.49 Å². The van der Waals surface area contributed by atoms with E-state index < -0.39 is 0 Å². The van der Waals surface area contributed by atoms with Crippen molar-refractivity contribution >= 4 is 34.2 Å². The molecule has 0 amide bonds. The van der Waals surface area contributed by atoms with Crippen molar-refractivity contribution in [2.75, 3.05) is 0 Å². The Balaban J connectivity index is 2.23. The average Bonchev–Trinajstić information content (AvgIpc) is 2.74. The van der Waals surface area contributed by atoms with E-state index in [1.165, 1.54) is 12.8 Å². The van der Waals surface area contributed by atoms with E-state index in [0.717, 1.165) is 22.0 Å². The molecule has 0 aromatic heterocycles. The van der Waals surface area contributed by atoms with E-state index in [-0.39, 0.29) is 6.10 Å². The molecule has 1 aromatic rings. The van der Waals surface area contributed by atoms with E-state index in [2.05, 4.69) is 22.6 Å². The van der Waals surface area contributed by atoms with E-state index in [0.29, 0.717) is 10.9 Å². The number of aliphatic hydroxyl groups is 1. The highest BCUT2D eigenvalue weighted by atomic mass is 127. The predicted molar refractivity (Wildman–Crippen MR) is 71.1 cm³/mol. The lowest BCUT2D eigenvalue weighted by Crippen LogP contribution is -2.10. The highest BCUT2D eigenvalue weighted by Crippen LogP contribution is 2.37. The van der Waals surface area contributed by atoms with Crippen LogP contribution in [0.2, 0.25) is 5.02 Å². The molecule has 1 saturated carbocycles. The van der Waals surface area contributed by atoms with Crippen molar-refractivity contribution in [2.24, 2.45) is 5.92 Å². The maximum Gasteiger partial charge on any atom is 0.0828 e. The van der Waals surface area contributed by atoms with Gasteiger partial charge in [0.1, 0.15) is 0 Å². The Bertz CT molecular complexity index is 347. The van der Waals surface area contributed by atoms with Gasteiger partial charge in [-0.15, -0.1) is 0 Å². The van der Waals surface area contributed by atoms with Gasteiger partial charge >= 0.3 is 0 Å². The molecular formula is C12H14ClIO. The Morgan fingerprint density at radius 1 is 1.33 bits per heavy atom. The molecule has 1 nitrogen and oxygen atoms in total.